The number of aliphatic carboxylic acids is 1. The Balaban J connectivity index is 1.85. The van der Waals surface area contributed by atoms with E-state index >= 15 is 0 Å². The van der Waals surface area contributed by atoms with Gasteiger partial charge in [-0.1, -0.05) is 23.1 Å². The summed E-state index contributed by atoms with van der Waals surface area (Å²) in [6, 6.07) is -0.349. The lowest BCUT2D eigenvalue weighted by atomic mass is 10.3. The molecular formula is C11H16N4O3S2. The van der Waals surface area contributed by atoms with Crippen molar-refractivity contribution in [1.82, 2.24) is 15.1 Å². The Morgan fingerprint density at radius 1 is 1.45 bits per heavy atom. The molecule has 20 heavy (non-hydrogen) atoms. The summed E-state index contributed by atoms with van der Waals surface area (Å²) in [7, 11) is 0. The minimum absolute atomic E-state index is 0.0447. The van der Waals surface area contributed by atoms with Gasteiger partial charge in [-0.15, -0.1) is 10.2 Å². The third-order valence-corrected chi connectivity index (χ3v) is 4.83. The first-order valence-corrected chi connectivity index (χ1v) is 8.10. The van der Waals surface area contributed by atoms with Crippen molar-refractivity contribution in [2.24, 2.45) is 0 Å². The maximum absolute atomic E-state index is 12.1. The molecule has 110 valence electrons. The maximum atomic E-state index is 12.1. The average Bonchev–Trinajstić information content (AvgIpc) is 3.06. The lowest BCUT2D eigenvalue weighted by Crippen LogP contribution is -2.39. The predicted molar refractivity (Wildman–Crippen MR) is 77.2 cm³/mol. The van der Waals surface area contributed by atoms with Crippen LogP contribution in [0.15, 0.2) is 4.34 Å². The van der Waals surface area contributed by atoms with Crippen LogP contribution >= 0.6 is 23.1 Å². The van der Waals surface area contributed by atoms with Gasteiger partial charge in [0.05, 0.1) is 5.75 Å². The van der Waals surface area contributed by atoms with Crippen LogP contribution in [0.2, 0.25) is 0 Å². The fourth-order valence-electron chi connectivity index (χ4n) is 1.91. The molecule has 1 amide bonds. The average molecular weight is 316 g/mol. The molecule has 0 saturated carbocycles. The van der Waals surface area contributed by atoms with Crippen LogP contribution in [0.5, 0.6) is 0 Å². The molecule has 1 saturated heterocycles. The molecule has 0 aromatic carbocycles. The van der Waals surface area contributed by atoms with Crippen molar-refractivity contribution >= 4 is 40.1 Å². The molecular weight excluding hydrogens is 300 g/mol. The highest BCUT2D eigenvalue weighted by atomic mass is 32.2. The number of carbonyl (C=O) groups excluding carboxylic acids is 1. The Morgan fingerprint density at radius 3 is 2.80 bits per heavy atom. The van der Waals surface area contributed by atoms with Gasteiger partial charge >= 0.3 is 5.97 Å². The second kappa shape index (κ2) is 6.89. The summed E-state index contributed by atoms with van der Waals surface area (Å²) in [6.07, 6.45) is 2.13. The fourth-order valence-corrected chi connectivity index (χ4v) is 3.47. The number of aromatic nitrogens is 2. The first kappa shape index (κ1) is 15.0. The number of thioether (sulfide) groups is 1. The van der Waals surface area contributed by atoms with Gasteiger partial charge in [-0.25, -0.2) is 0 Å². The second-order valence-electron chi connectivity index (χ2n) is 4.45. The number of amides is 1. The van der Waals surface area contributed by atoms with Crippen molar-refractivity contribution in [3.05, 3.63) is 0 Å². The van der Waals surface area contributed by atoms with Crippen LogP contribution in [0.1, 0.15) is 19.8 Å². The molecule has 1 unspecified atom stereocenters. The van der Waals surface area contributed by atoms with Gasteiger partial charge in [0.25, 0.3) is 0 Å². The van der Waals surface area contributed by atoms with Gasteiger partial charge in [-0.3, -0.25) is 9.59 Å². The third-order valence-electron chi connectivity index (χ3n) is 2.85. The summed E-state index contributed by atoms with van der Waals surface area (Å²) in [6.45, 7) is 3.44. The molecule has 2 N–H and O–H groups in total. The standard InChI is InChI=1S/C11H16N4O3S2/c1-7(9(18)15-4-2-3-5-15)12-10-13-14-11(20-10)19-6-8(16)17/h7H,2-6H2,1H3,(H,12,13)(H,16,17). The van der Waals surface area contributed by atoms with Crippen molar-refractivity contribution < 1.29 is 14.7 Å². The third kappa shape index (κ3) is 4.07. The first-order valence-electron chi connectivity index (χ1n) is 6.29. The van der Waals surface area contributed by atoms with Crippen molar-refractivity contribution in [1.29, 1.82) is 0 Å². The number of nitrogens with zero attached hydrogens (tertiary/aromatic N) is 3. The van der Waals surface area contributed by atoms with Crippen LogP contribution < -0.4 is 5.32 Å². The zero-order chi connectivity index (χ0) is 14.5. The Morgan fingerprint density at radius 2 is 2.15 bits per heavy atom. The van der Waals surface area contributed by atoms with E-state index in [9.17, 15) is 9.59 Å². The summed E-state index contributed by atoms with van der Waals surface area (Å²) >= 11 is 2.38. The number of rotatable bonds is 6. The summed E-state index contributed by atoms with van der Waals surface area (Å²) in [5.74, 6) is -0.869. The van der Waals surface area contributed by atoms with Crippen molar-refractivity contribution in [2.75, 3.05) is 24.2 Å². The van der Waals surface area contributed by atoms with E-state index in [-0.39, 0.29) is 17.7 Å². The lowest BCUT2D eigenvalue weighted by molar-refractivity contribution is -0.134. The van der Waals surface area contributed by atoms with Gasteiger partial charge < -0.3 is 15.3 Å². The first-order chi connectivity index (χ1) is 9.56. The van der Waals surface area contributed by atoms with Gasteiger partial charge in [0.2, 0.25) is 11.0 Å². The second-order valence-corrected chi connectivity index (χ2v) is 6.65. The molecule has 1 aromatic heterocycles. The van der Waals surface area contributed by atoms with Gasteiger partial charge in [0, 0.05) is 13.1 Å². The monoisotopic (exact) mass is 316 g/mol. The minimum Gasteiger partial charge on any atom is -0.481 e. The fraction of sp³-hybridized carbons (Fsp3) is 0.636. The van der Waals surface area contributed by atoms with Crippen molar-refractivity contribution in [3.63, 3.8) is 0 Å². The number of likely N-dealkylation sites (tertiary alicyclic amines) is 1. The number of nitrogens with one attached hydrogen (secondary N) is 1. The Labute approximate surface area is 124 Å². The number of carbonyl (C=O) groups is 2. The molecule has 2 rings (SSSR count). The van der Waals surface area contributed by atoms with Crippen molar-refractivity contribution in [2.45, 2.75) is 30.1 Å². The van der Waals surface area contributed by atoms with Crippen LogP contribution in [0, 0.1) is 0 Å². The Bertz CT molecular complexity index is 488. The van der Waals surface area contributed by atoms with E-state index in [2.05, 4.69) is 15.5 Å². The zero-order valence-electron chi connectivity index (χ0n) is 11.0. The summed E-state index contributed by atoms with van der Waals surface area (Å²) in [5.41, 5.74) is 0. The topological polar surface area (TPSA) is 95.4 Å². The van der Waals surface area contributed by atoms with E-state index in [0.29, 0.717) is 9.47 Å². The zero-order valence-corrected chi connectivity index (χ0v) is 12.7. The van der Waals surface area contributed by atoms with Crippen LogP contribution in [0.3, 0.4) is 0 Å². The number of hydrogen-bond donors (Lipinski definition) is 2. The van der Waals surface area contributed by atoms with E-state index in [1.807, 2.05) is 4.90 Å². The summed E-state index contributed by atoms with van der Waals surface area (Å²) in [4.78, 5) is 24.4. The van der Waals surface area contributed by atoms with Crippen LogP contribution in [-0.2, 0) is 9.59 Å². The quantitative estimate of drug-likeness (QED) is 0.760. The molecule has 1 atom stereocenters. The lowest BCUT2D eigenvalue weighted by Gasteiger charge is -2.20. The summed E-state index contributed by atoms with van der Waals surface area (Å²) in [5, 5.41) is 19.9. The van der Waals surface area contributed by atoms with Crippen LogP contribution in [0.4, 0.5) is 5.13 Å². The van der Waals surface area contributed by atoms with Gasteiger partial charge in [0.1, 0.15) is 6.04 Å². The van der Waals surface area contributed by atoms with E-state index in [0.717, 1.165) is 37.7 Å². The summed E-state index contributed by atoms with van der Waals surface area (Å²) < 4.78 is 0.579. The molecule has 0 bridgehead atoms. The van der Waals surface area contributed by atoms with Crippen LogP contribution in [-0.4, -0.2) is 57.0 Å². The SMILES string of the molecule is CC(Nc1nnc(SCC(=O)O)s1)C(=O)N1CCCC1. The predicted octanol–water partition coefficient (Wildman–Crippen LogP) is 1.14. The Hall–Kier alpha value is -1.35. The molecule has 7 nitrogen and oxygen atoms in total. The molecule has 0 radical (unpaired) electrons. The molecule has 1 fully saturated rings. The largest absolute Gasteiger partial charge is 0.481 e. The molecule has 0 spiro atoms. The number of hydrogen-bond acceptors (Lipinski definition) is 7. The number of carboxylic acids is 1. The molecule has 1 aliphatic heterocycles. The molecule has 2 heterocycles. The maximum Gasteiger partial charge on any atom is 0.313 e. The smallest absolute Gasteiger partial charge is 0.313 e. The van der Waals surface area contributed by atoms with Gasteiger partial charge in [-0.05, 0) is 19.8 Å². The van der Waals surface area contributed by atoms with Gasteiger partial charge in [0.15, 0.2) is 4.34 Å². The number of carboxylic acid groups (broad SMARTS) is 1. The highest BCUT2D eigenvalue weighted by Crippen LogP contribution is 2.25. The highest BCUT2D eigenvalue weighted by Gasteiger charge is 2.23. The van der Waals surface area contributed by atoms with Gasteiger partial charge in [-0.2, -0.15) is 0 Å². The van der Waals surface area contributed by atoms with E-state index in [4.69, 9.17) is 5.11 Å². The number of anilines is 1. The molecule has 0 aliphatic carbocycles. The van der Waals surface area contributed by atoms with E-state index in [1.165, 1.54) is 11.3 Å². The molecule has 1 aliphatic rings. The van der Waals surface area contributed by atoms with Crippen LogP contribution in [0.25, 0.3) is 0 Å². The molecule has 9 heteroatoms. The minimum atomic E-state index is -0.891. The van der Waals surface area contributed by atoms with E-state index < -0.39 is 5.97 Å². The normalized spacial score (nSPS) is 16.1. The Kier molecular flexibility index (Phi) is 5.18. The molecule has 1 aromatic rings. The highest BCUT2D eigenvalue weighted by molar-refractivity contribution is 8.01. The van der Waals surface area contributed by atoms with Crippen molar-refractivity contribution in [3.8, 4) is 0 Å². The van der Waals surface area contributed by atoms with E-state index in [1.54, 1.807) is 6.92 Å².